The van der Waals surface area contributed by atoms with E-state index in [9.17, 15) is 4.79 Å². The zero-order valence-corrected chi connectivity index (χ0v) is 11.7. The monoisotopic (exact) mass is 253 g/mol. The molecule has 1 saturated carbocycles. The van der Waals surface area contributed by atoms with E-state index in [0.717, 1.165) is 39.1 Å². The van der Waals surface area contributed by atoms with Crippen molar-refractivity contribution in [2.75, 3.05) is 33.4 Å². The second-order valence-corrected chi connectivity index (χ2v) is 6.24. The van der Waals surface area contributed by atoms with Crippen molar-refractivity contribution in [1.29, 1.82) is 0 Å². The van der Waals surface area contributed by atoms with Crippen LogP contribution in [0, 0.1) is 11.3 Å². The molecule has 1 heterocycles. The number of carbonyl (C=O) groups excluding carboxylic acids is 1. The Balaban J connectivity index is 1.88. The van der Waals surface area contributed by atoms with Gasteiger partial charge < -0.3 is 14.4 Å². The van der Waals surface area contributed by atoms with E-state index in [-0.39, 0.29) is 5.41 Å². The van der Waals surface area contributed by atoms with E-state index >= 15 is 0 Å². The van der Waals surface area contributed by atoms with Crippen LogP contribution in [0.1, 0.15) is 44.9 Å². The van der Waals surface area contributed by atoms with Gasteiger partial charge in [0.1, 0.15) is 6.29 Å². The molecule has 1 aliphatic heterocycles. The van der Waals surface area contributed by atoms with Gasteiger partial charge in [-0.3, -0.25) is 0 Å². The fourth-order valence-electron chi connectivity index (χ4n) is 3.62. The second-order valence-electron chi connectivity index (χ2n) is 6.24. The standard InChI is InChI=1S/C15H27NO2/c1-18-11-14-6-9-16(10-14)12-15(13-17)7-4-2-3-5-8-15/h13-14H,2-12H2,1H3. The molecule has 1 saturated heterocycles. The lowest BCUT2D eigenvalue weighted by Crippen LogP contribution is -2.38. The highest BCUT2D eigenvalue weighted by molar-refractivity contribution is 5.59. The van der Waals surface area contributed by atoms with Gasteiger partial charge in [-0.15, -0.1) is 0 Å². The van der Waals surface area contributed by atoms with Crippen molar-refractivity contribution < 1.29 is 9.53 Å². The lowest BCUT2D eigenvalue weighted by atomic mass is 9.81. The zero-order chi connectivity index (χ0) is 12.8. The Kier molecular flexibility index (Phi) is 5.19. The van der Waals surface area contributed by atoms with Crippen molar-refractivity contribution >= 4 is 6.29 Å². The van der Waals surface area contributed by atoms with Crippen LogP contribution in [0.3, 0.4) is 0 Å². The quantitative estimate of drug-likeness (QED) is 0.557. The van der Waals surface area contributed by atoms with Gasteiger partial charge >= 0.3 is 0 Å². The summed E-state index contributed by atoms with van der Waals surface area (Å²) in [6.07, 6.45) is 9.76. The van der Waals surface area contributed by atoms with Crippen LogP contribution < -0.4 is 0 Å². The molecule has 1 atom stereocenters. The first-order chi connectivity index (χ1) is 8.78. The molecule has 0 aromatic carbocycles. The van der Waals surface area contributed by atoms with E-state index in [1.165, 1.54) is 38.4 Å². The van der Waals surface area contributed by atoms with Crippen LogP contribution >= 0.6 is 0 Å². The Morgan fingerprint density at radius 3 is 2.61 bits per heavy atom. The number of aldehydes is 1. The van der Waals surface area contributed by atoms with Gasteiger partial charge in [0.05, 0.1) is 6.61 Å². The van der Waals surface area contributed by atoms with Crippen LogP contribution in [0.5, 0.6) is 0 Å². The minimum Gasteiger partial charge on any atom is -0.384 e. The van der Waals surface area contributed by atoms with Crippen molar-refractivity contribution in [1.82, 2.24) is 4.90 Å². The zero-order valence-electron chi connectivity index (χ0n) is 11.7. The number of methoxy groups -OCH3 is 1. The molecular weight excluding hydrogens is 226 g/mol. The Bertz CT molecular complexity index is 259. The highest BCUT2D eigenvalue weighted by Crippen LogP contribution is 2.35. The predicted octanol–water partition coefficient (Wildman–Crippen LogP) is 2.49. The molecule has 2 rings (SSSR count). The van der Waals surface area contributed by atoms with Gasteiger partial charge in [-0.05, 0) is 31.7 Å². The molecule has 18 heavy (non-hydrogen) atoms. The third-order valence-electron chi connectivity index (χ3n) is 4.66. The molecular formula is C15H27NO2. The Labute approximate surface area is 111 Å². The van der Waals surface area contributed by atoms with E-state index in [2.05, 4.69) is 4.90 Å². The normalized spacial score (nSPS) is 29.1. The maximum atomic E-state index is 11.6. The molecule has 2 fully saturated rings. The molecule has 0 aromatic rings. The Morgan fingerprint density at radius 2 is 2.00 bits per heavy atom. The number of rotatable bonds is 5. The Morgan fingerprint density at radius 1 is 1.28 bits per heavy atom. The molecule has 3 heteroatoms. The molecule has 0 radical (unpaired) electrons. The first kappa shape index (κ1) is 14.0. The minimum absolute atomic E-state index is 0.0432. The van der Waals surface area contributed by atoms with Crippen LogP contribution in [0.2, 0.25) is 0 Å². The van der Waals surface area contributed by atoms with Crippen molar-refractivity contribution in [3.63, 3.8) is 0 Å². The summed E-state index contributed by atoms with van der Waals surface area (Å²) in [5, 5.41) is 0. The lowest BCUT2D eigenvalue weighted by Gasteiger charge is -2.31. The van der Waals surface area contributed by atoms with Gasteiger partial charge in [0.2, 0.25) is 0 Å². The number of ether oxygens (including phenoxy) is 1. The SMILES string of the molecule is COCC1CCN(CC2(C=O)CCCCCC2)C1. The first-order valence-corrected chi connectivity index (χ1v) is 7.46. The van der Waals surface area contributed by atoms with Gasteiger partial charge in [0.25, 0.3) is 0 Å². The summed E-state index contributed by atoms with van der Waals surface area (Å²) in [5.74, 6) is 0.671. The molecule has 104 valence electrons. The van der Waals surface area contributed by atoms with E-state index in [0.29, 0.717) is 5.92 Å². The van der Waals surface area contributed by atoms with Gasteiger partial charge in [0.15, 0.2) is 0 Å². The molecule has 2 aliphatic rings. The fraction of sp³-hybridized carbons (Fsp3) is 0.933. The summed E-state index contributed by atoms with van der Waals surface area (Å²) < 4.78 is 5.24. The van der Waals surface area contributed by atoms with Crippen molar-refractivity contribution in [3.05, 3.63) is 0 Å². The van der Waals surface area contributed by atoms with Gasteiger partial charge in [-0.25, -0.2) is 0 Å². The molecule has 1 aliphatic carbocycles. The maximum absolute atomic E-state index is 11.6. The summed E-state index contributed by atoms with van der Waals surface area (Å²) >= 11 is 0. The second kappa shape index (κ2) is 6.67. The van der Waals surface area contributed by atoms with E-state index < -0.39 is 0 Å². The summed E-state index contributed by atoms with van der Waals surface area (Å²) in [4.78, 5) is 14.1. The van der Waals surface area contributed by atoms with E-state index in [4.69, 9.17) is 4.74 Å². The minimum atomic E-state index is -0.0432. The van der Waals surface area contributed by atoms with Crippen LogP contribution in [0.15, 0.2) is 0 Å². The summed E-state index contributed by atoms with van der Waals surface area (Å²) in [6.45, 7) is 4.11. The third kappa shape index (κ3) is 3.55. The predicted molar refractivity (Wildman–Crippen MR) is 72.6 cm³/mol. The average molecular weight is 253 g/mol. The molecule has 3 nitrogen and oxygen atoms in total. The van der Waals surface area contributed by atoms with Gasteiger partial charge in [0, 0.05) is 25.6 Å². The molecule has 0 N–H and O–H groups in total. The van der Waals surface area contributed by atoms with Gasteiger partial charge in [-0.2, -0.15) is 0 Å². The van der Waals surface area contributed by atoms with Crippen LogP contribution in [-0.4, -0.2) is 44.5 Å². The number of hydrogen-bond acceptors (Lipinski definition) is 3. The molecule has 0 bridgehead atoms. The summed E-state index contributed by atoms with van der Waals surface area (Å²) in [6, 6.07) is 0. The third-order valence-corrected chi connectivity index (χ3v) is 4.66. The molecule has 0 amide bonds. The van der Waals surface area contributed by atoms with Crippen LogP contribution in [0.4, 0.5) is 0 Å². The van der Waals surface area contributed by atoms with E-state index in [1.54, 1.807) is 7.11 Å². The van der Waals surface area contributed by atoms with Crippen LogP contribution in [0.25, 0.3) is 0 Å². The fourth-order valence-corrected chi connectivity index (χ4v) is 3.62. The summed E-state index contributed by atoms with van der Waals surface area (Å²) in [5.41, 5.74) is -0.0432. The smallest absolute Gasteiger partial charge is 0.127 e. The van der Waals surface area contributed by atoms with Crippen molar-refractivity contribution in [2.24, 2.45) is 11.3 Å². The maximum Gasteiger partial charge on any atom is 0.127 e. The number of hydrogen-bond donors (Lipinski definition) is 0. The number of carbonyl (C=O) groups is 1. The lowest BCUT2D eigenvalue weighted by molar-refractivity contribution is -0.118. The van der Waals surface area contributed by atoms with E-state index in [1.807, 2.05) is 0 Å². The molecule has 0 aromatic heterocycles. The van der Waals surface area contributed by atoms with Gasteiger partial charge in [-0.1, -0.05) is 25.7 Å². The summed E-state index contributed by atoms with van der Waals surface area (Å²) in [7, 11) is 1.78. The largest absolute Gasteiger partial charge is 0.384 e. The number of likely N-dealkylation sites (tertiary alicyclic amines) is 1. The highest BCUT2D eigenvalue weighted by Gasteiger charge is 2.35. The van der Waals surface area contributed by atoms with Crippen LogP contribution in [-0.2, 0) is 9.53 Å². The number of nitrogens with zero attached hydrogens (tertiary/aromatic N) is 1. The molecule has 0 spiro atoms. The van der Waals surface area contributed by atoms with Crippen molar-refractivity contribution in [2.45, 2.75) is 44.9 Å². The van der Waals surface area contributed by atoms with Crippen molar-refractivity contribution in [3.8, 4) is 0 Å². The average Bonchev–Trinajstić information content (AvgIpc) is 2.67. The highest BCUT2D eigenvalue weighted by atomic mass is 16.5. The Hall–Kier alpha value is -0.410. The topological polar surface area (TPSA) is 29.5 Å². The first-order valence-electron chi connectivity index (χ1n) is 7.46. The molecule has 1 unspecified atom stereocenters.